The molecule has 0 saturated carbocycles. The van der Waals surface area contributed by atoms with Gasteiger partial charge in [-0.3, -0.25) is 4.79 Å². The van der Waals surface area contributed by atoms with Crippen LogP contribution < -0.4 is 15.4 Å². The van der Waals surface area contributed by atoms with E-state index in [4.69, 9.17) is 26.7 Å². The molecule has 1 amide bonds. The summed E-state index contributed by atoms with van der Waals surface area (Å²) in [6.45, 7) is 2.33. The number of likely N-dealkylation sites (tertiary alicyclic amines) is 1. The zero-order valence-electron chi connectivity index (χ0n) is 22.7. The molecular formula is C31H28ClF2N5O2S. The summed E-state index contributed by atoms with van der Waals surface area (Å²) in [5.74, 6) is -0.824. The van der Waals surface area contributed by atoms with E-state index in [1.807, 2.05) is 11.4 Å². The van der Waals surface area contributed by atoms with Crippen LogP contribution in [-0.2, 0) is 17.8 Å². The number of nitrogens with one attached hydrogen (secondary N) is 3. The number of aromatic nitrogens is 1. The molecule has 2 aromatic carbocycles. The van der Waals surface area contributed by atoms with Crippen molar-refractivity contribution in [2.24, 2.45) is 0 Å². The quantitative estimate of drug-likeness (QED) is 0.175. The second-order valence-corrected chi connectivity index (χ2v) is 11.6. The number of fused-ring (bicyclic) bond motifs is 2. The SMILES string of the molecule is COc1cc(F)ccc1-c1c(/C(C=N)=C/NC2CN(C(=O)C(F)Cl)C2)nc(-c2ccc3c(c2)CCNC3)c2ccsc12. The van der Waals surface area contributed by atoms with Gasteiger partial charge in [0.15, 0.2) is 0 Å². The molecule has 4 heterocycles. The van der Waals surface area contributed by atoms with Gasteiger partial charge in [-0.1, -0.05) is 23.7 Å². The second-order valence-electron chi connectivity index (χ2n) is 10.3. The summed E-state index contributed by atoms with van der Waals surface area (Å²) < 4.78 is 34.0. The molecule has 2 aliphatic heterocycles. The van der Waals surface area contributed by atoms with Crippen LogP contribution in [0.5, 0.6) is 5.75 Å². The van der Waals surface area contributed by atoms with E-state index in [1.165, 1.54) is 41.5 Å². The Bertz CT molecular complexity index is 1720. The number of nitrogens with zero attached hydrogens (tertiary/aromatic N) is 2. The lowest BCUT2D eigenvalue weighted by molar-refractivity contribution is -0.138. The van der Waals surface area contributed by atoms with Crippen molar-refractivity contribution in [3.8, 4) is 28.1 Å². The fraction of sp³-hybridized carbons (Fsp3) is 0.258. The molecule has 6 rings (SSSR count). The topological polar surface area (TPSA) is 90.3 Å². The van der Waals surface area contributed by atoms with Crippen LogP contribution in [0, 0.1) is 11.2 Å². The first-order chi connectivity index (χ1) is 20.4. The first kappa shape index (κ1) is 28.3. The van der Waals surface area contributed by atoms with E-state index in [9.17, 15) is 13.6 Å². The van der Waals surface area contributed by atoms with Crippen molar-refractivity contribution in [3.63, 3.8) is 0 Å². The van der Waals surface area contributed by atoms with Crippen molar-refractivity contribution >= 4 is 50.7 Å². The summed E-state index contributed by atoms with van der Waals surface area (Å²) >= 11 is 6.85. The number of allylic oxidation sites excluding steroid dienone is 1. The highest BCUT2D eigenvalue weighted by Gasteiger charge is 2.33. The van der Waals surface area contributed by atoms with E-state index in [0.29, 0.717) is 35.7 Å². The number of ether oxygens (including phenoxy) is 1. The van der Waals surface area contributed by atoms with E-state index in [0.717, 1.165) is 46.4 Å². The molecule has 0 aliphatic carbocycles. The van der Waals surface area contributed by atoms with Crippen LogP contribution >= 0.6 is 22.9 Å². The van der Waals surface area contributed by atoms with Crippen molar-refractivity contribution in [2.75, 3.05) is 26.7 Å². The van der Waals surface area contributed by atoms with Crippen LogP contribution in [0.25, 0.3) is 38.0 Å². The van der Waals surface area contributed by atoms with Gasteiger partial charge < -0.3 is 25.7 Å². The van der Waals surface area contributed by atoms with Crippen molar-refractivity contribution in [1.29, 1.82) is 5.41 Å². The summed E-state index contributed by atoms with van der Waals surface area (Å²) in [5, 5.41) is 17.9. The Morgan fingerprint density at radius 2 is 2.10 bits per heavy atom. The lowest BCUT2D eigenvalue weighted by Gasteiger charge is -2.39. The molecule has 0 radical (unpaired) electrons. The maximum atomic E-state index is 14.2. The highest BCUT2D eigenvalue weighted by atomic mass is 35.5. The predicted molar refractivity (Wildman–Crippen MR) is 163 cm³/mol. The van der Waals surface area contributed by atoms with Gasteiger partial charge in [0.2, 0.25) is 0 Å². The van der Waals surface area contributed by atoms with Crippen LogP contribution in [0.3, 0.4) is 0 Å². The van der Waals surface area contributed by atoms with Gasteiger partial charge in [0.05, 0.1) is 24.5 Å². The molecule has 3 N–H and O–H groups in total. The van der Waals surface area contributed by atoms with Crippen molar-refractivity contribution in [1.82, 2.24) is 20.5 Å². The fourth-order valence-electron chi connectivity index (χ4n) is 5.49. The summed E-state index contributed by atoms with van der Waals surface area (Å²) in [6.07, 6.45) is 3.84. The van der Waals surface area contributed by atoms with Crippen molar-refractivity contribution < 1.29 is 18.3 Å². The minimum absolute atomic E-state index is 0.137. The van der Waals surface area contributed by atoms with Gasteiger partial charge in [-0.05, 0) is 53.7 Å². The van der Waals surface area contributed by atoms with Crippen LogP contribution in [0.1, 0.15) is 16.8 Å². The first-order valence-electron chi connectivity index (χ1n) is 13.5. The van der Waals surface area contributed by atoms with Crippen LogP contribution in [-0.4, -0.2) is 60.4 Å². The smallest absolute Gasteiger partial charge is 0.272 e. The molecule has 0 spiro atoms. The van der Waals surface area contributed by atoms with Crippen molar-refractivity contribution in [3.05, 3.63) is 76.7 Å². The highest BCUT2D eigenvalue weighted by Crippen LogP contribution is 2.44. The standard InChI is InChI=1S/C31H28ClF2N5O2S/c1-41-25-11-21(33)4-5-23(25)26-28(20(12-35)14-37-22-15-39(16-22)31(40)30(32)34)38-27(24-7-9-42-29(24)26)18-2-3-19-13-36-8-6-17(19)10-18/h2-5,7,9-12,14,22,30,35-37H,6,8,13,15-16H2,1H3/b20-14+,35-12?. The maximum Gasteiger partial charge on any atom is 0.272 e. The Hall–Kier alpha value is -3.86. The molecule has 0 bridgehead atoms. The third kappa shape index (κ3) is 5.26. The number of hydrogen-bond donors (Lipinski definition) is 3. The molecule has 216 valence electrons. The molecule has 42 heavy (non-hydrogen) atoms. The van der Waals surface area contributed by atoms with E-state index in [2.05, 4.69) is 28.8 Å². The van der Waals surface area contributed by atoms with Crippen LogP contribution in [0.2, 0.25) is 0 Å². The average molecular weight is 608 g/mol. The first-order valence-corrected chi connectivity index (χ1v) is 14.8. The van der Waals surface area contributed by atoms with Gasteiger partial charge in [-0.2, -0.15) is 0 Å². The lowest BCUT2D eigenvalue weighted by Crippen LogP contribution is -2.59. The third-order valence-corrected chi connectivity index (χ3v) is 8.81. The predicted octanol–water partition coefficient (Wildman–Crippen LogP) is 5.75. The molecule has 1 fully saturated rings. The van der Waals surface area contributed by atoms with Gasteiger partial charge >= 0.3 is 0 Å². The monoisotopic (exact) mass is 607 g/mol. The van der Waals surface area contributed by atoms with E-state index < -0.39 is 17.4 Å². The lowest BCUT2D eigenvalue weighted by atomic mass is 9.93. The molecule has 2 aromatic heterocycles. The Morgan fingerprint density at radius 3 is 2.86 bits per heavy atom. The molecule has 4 aromatic rings. The average Bonchev–Trinajstić information content (AvgIpc) is 3.47. The molecule has 1 unspecified atom stereocenters. The summed E-state index contributed by atoms with van der Waals surface area (Å²) in [6, 6.07) is 12.7. The maximum absolute atomic E-state index is 14.2. The molecular weight excluding hydrogens is 580 g/mol. The fourth-order valence-corrected chi connectivity index (χ4v) is 6.58. The van der Waals surface area contributed by atoms with Gasteiger partial charge in [0, 0.05) is 70.5 Å². The summed E-state index contributed by atoms with van der Waals surface area (Å²) in [4.78, 5) is 18.3. The van der Waals surface area contributed by atoms with Gasteiger partial charge in [0.1, 0.15) is 11.6 Å². The summed E-state index contributed by atoms with van der Waals surface area (Å²) in [5.41, 5.74) is 4.65. The Labute approximate surface area is 250 Å². The number of halogens is 3. The number of carbonyl (C=O) groups excluding carboxylic acids is 1. The van der Waals surface area contributed by atoms with E-state index >= 15 is 0 Å². The molecule has 11 heteroatoms. The minimum atomic E-state index is -2.06. The minimum Gasteiger partial charge on any atom is -0.496 e. The largest absolute Gasteiger partial charge is 0.496 e. The van der Waals surface area contributed by atoms with Gasteiger partial charge in [0.25, 0.3) is 11.5 Å². The molecule has 2 aliphatic rings. The zero-order chi connectivity index (χ0) is 29.4. The number of methoxy groups -OCH3 is 1. The Morgan fingerprint density at radius 1 is 1.26 bits per heavy atom. The Kier molecular flexibility index (Phi) is 7.94. The number of thiophene rings is 1. The number of hydrogen-bond acceptors (Lipinski definition) is 7. The molecule has 7 nitrogen and oxygen atoms in total. The number of carbonyl (C=O) groups is 1. The number of pyridine rings is 1. The number of amides is 1. The number of benzene rings is 2. The van der Waals surface area contributed by atoms with E-state index in [1.54, 1.807) is 23.6 Å². The molecule has 1 atom stereocenters. The van der Waals surface area contributed by atoms with Crippen LogP contribution in [0.15, 0.2) is 54.0 Å². The van der Waals surface area contributed by atoms with Crippen molar-refractivity contribution in [2.45, 2.75) is 24.6 Å². The summed E-state index contributed by atoms with van der Waals surface area (Å²) in [7, 11) is 1.49. The zero-order valence-corrected chi connectivity index (χ0v) is 24.3. The van der Waals surface area contributed by atoms with Gasteiger partial charge in [-0.15, -0.1) is 11.3 Å². The molecule has 1 saturated heterocycles. The number of rotatable bonds is 8. The van der Waals surface area contributed by atoms with E-state index in [-0.39, 0.29) is 6.04 Å². The third-order valence-electron chi connectivity index (χ3n) is 7.69. The van der Waals surface area contributed by atoms with Gasteiger partial charge in [-0.25, -0.2) is 13.8 Å². The highest BCUT2D eigenvalue weighted by molar-refractivity contribution is 7.18. The number of alkyl halides is 2. The normalized spacial score (nSPS) is 16.1. The van der Waals surface area contributed by atoms with Crippen LogP contribution in [0.4, 0.5) is 8.78 Å². The second kappa shape index (κ2) is 11.8. The Balaban J connectivity index is 1.48.